The molecule has 0 fully saturated rings. The van der Waals surface area contributed by atoms with E-state index in [1.807, 2.05) is 54.6 Å². The number of benzene rings is 3. The maximum Gasteiger partial charge on any atom is 0.130 e. The Balaban J connectivity index is 1.77. The van der Waals surface area contributed by atoms with Gasteiger partial charge in [0, 0.05) is 16.7 Å². The number of aliphatic hydroxyl groups is 2. The predicted octanol–water partition coefficient (Wildman–Crippen LogP) is 4.65. The Morgan fingerprint density at radius 2 is 1.46 bits per heavy atom. The average molecular weight is 372 g/mol. The Hall–Kier alpha value is -3.46. The molecule has 5 nitrogen and oxygen atoms in total. The average Bonchev–Trinajstić information content (AvgIpc) is 2.76. The predicted molar refractivity (Wildman–Crippen MR) is 108 cm³/mol. The maximum atomic E-state index is 9.62. The van der Waals surface area contributed by atoms with Crippen LogP contribution in [0.5, 0.6) is 5.75 Å². The Morgan fingerprint density at radius 3 is 2.11 bits per heavy atom. The van der Waals surface area contributed by atoms with Gasteiger partial charge in [-0.2, -0.15) is 10.2 Å². The summed E-state index contributed by atoms with van der Waals surface area (Å²) in [5.41, 5.74) is 4.04. The van der Waals surface area contributed by atoms with Crippen LogP contribution in [0.15, 0.2) is 77.0 Å². The first-order valence-corrected chi connectivity index (χ1v) is 8.76. The molecule has 140 valence electrons. The van der Waals surface area contributed by atoms with Gasteiger partial charge < -0.3 is 14.9 Å². The molecule has 0 heterocycles. The second-order valence-electron chi connectivity index (χ2n) is 6.08. The molecule has 0 aliphatic rings. The summed E-state index contributed by atoms with van der Waals surface area (Å²) in [5.74, 6) is 2.96. The van der Waals surface area contributed by atoms with E-state index in [-0.39, 0.29) is 19.8 Å². The van der Waals surface area contributed by atoms with Crippen LogP contribution >= 0.6 is 0 Å². The highest BCUT2D eigenvalue weighted by Crippen LogP contribution is 2.28. The molecule has 5 heteroatoms. The second-order valence-corrected chi connectivity index (χ2v) is 6.08. The van der Waals surface area contributed by atoms with Crippen LogP contribution in [-0.4, -0.2) is 10.2 Å². The van der Waals surface area contributed by atoms with Crippen molar-refractivity contribution >= 4 is 11.4 Å². The van der Waals surface area contributed by atoms with Gasteiger partial charge in [0.05, 0.1) is 24.6 Å². The van der Waals surface area contributed by atoms with E-state index in [9.17, 15) is 10.2 Å². The lowest BCUT2D eigenvalue weighted by Crippen LogP contribution is -2.03. The molecule has 28 heavy (non-hydrogen) atoms. The summed E-state index contributed by atoms with van der Waals surface area (Å²) in [7, 11) is 0. The van der Waals surface area contributed by atoms with Gasteiger partial charge in [0.2, 0.25) is 0 Å². The first kappa shape index (κ1) is 19.3. The van der Waals surface area contributed by atoms with E-state index in [1.54, 1.807) is 12.1 Å². The highest BCUT2D eigenvalue weighted by atomic mass is 16.5. The van der Waals surface area contributed by atoms with Gasteiger partial charge in [0.25, 0.3) is 0 Å². The van der Waals surface area contributed by atoms with Gasteiger partial charge in [-0.3, -0.25) is 0 Å². The fourth-order valence-corrected chi connectivity index (χ4v) is 2.73. The summed E-state index contributed by atoms with van der Waals surface area (Å²) in [4.78, 5) is 0. The quantitative estimate of drug-likeness (QED) is 0.468. The van der Waals surface area contributed by atoms with Gasteiger partial charge in [-0.15, -0.1) is 6.42 Å². The molecule has 0 saturated carbocycles. The minimum Gasteiger partial charge on any atom is -0.488 e. The molecule has 0 spiro atoms. The number of hydrogen-bond donors (Lipinski definition) is 2. The van der Waals surface area contributed by atoms with Crippen LogP contribution in [0.1, 0.15) is 22.3 Å². The van der Waals surface area contributed by atoms with E-state index in [0.717, 1.165) is 11.3 Å². The Kier molecular flexibility index (Phi) is 6.53. The molecule has 0 aromatic heterocycles. The van der Waals surface area contributed by atoms with Crippen molar-refractivity contribution in [3.63, 3.8) is 0 Å². The van der Waals surface area contributed by atoms with Gasteiger partial charge in [-0.25, -0.2) is 0 Å². The highest BCUT2D eigenvalue weighted by Gasteiger charge is 2.11. The standard InChI is InChI=1S/C23H20N2O3/c1-2-17-11-19(14-26)23(20(12-17)15-27)28-16-18-7-6-10-22(13-18)25-24-21-8-4-3-5-9-21/h1,3-13,26-27H,14-16H2. The van der Waals surface area contributed by atoms with Crippen molar-refractivity contribution in [3.05, 3.63) is 89.0 Å². The Morgan fingerprint density at radius 1 is 0.821 bits per heavy atom. The van der Waals surface area contributed by atoms with Gasteiger partial charge in [-0.1, -0.05) is 36.3 Å². The van der Waals surface area contributed by atoms with E-state index >= 15 is 0 Å². The largest absolute Gasteiger partial charge is 0.488 e. The third-order valence-corrected chi connectivity index (χ3v) is 4.08. The molecule has 0 aliphatic heterocycles. The van der Waals surface area contributed by atoms with Gasteiger partial charge in [0.15, 0.2) is 0 Å². The lowest BCUT2D eigenvalue weighted by atomic mass is 10.0. The normalized spacial score (nSPS) is 10.8. The van der Waals surface area contributed by atoms with Crippen molar-refractivity contribution in [2.24, 2.45) is 10.2 Å². The van der Waals surface area contributed by atoms with E-state index in [0.29, 0.717) is 28.1 Å². The molecule has 0 amide bonds. The minimum atomic E-state index is -0.233. The van der Waals surface area contributed by atoms with Crippen LogP contribution in [0.4, 0.5) is 11.4 Å². The molecule has 0 bridgehead atoms. The molecule has 3 aromatic rings. The molecule has 3 rings (SSSR count). The number of nitrogens with zero attached hydrogens (tertiary/aromatic N) is 2. The minimum absolute atomic E-state index is 0.233. The van der Waals surface area contributed by atoms with Crippen LogP contribution in [0.25, 0.3) is 0 Å². The SMILES string of the molecule is C#Cc1cc(CO)c(OCc2cccc(N=Nc3ccccc3)c2)c(CO)c1. The molecule has 0 radical (unpaired) electrons. The second kappa shape index (κ2) is 9.47. The fourth-order valence-electron chi connectivity index (χ4n) is 2.73. The first-order chi connectivity index (χ1) is 13.7. The van der Waals surface area contributed by atoms with Crippen LogP contribution in [0.2, 0.25) is 0 Å². The van der Waals surface area contributed by atoms with Crippen molar-refractivity contribution in [2.75, 3.05) is 0 Å². The summed E-state index contributed by atoms with van der Waals surface area (Å²) >= 11 is 0. The monoisotopic (exact) mass is 372 g/mol. The molecular formula is C23H20N2O3. The van der Waals surface area contributed by atoms with Gasteiger partial charge in [-0.05, 0) is 42.0 Å². The van der Waals surface area contributed by atoms with Crippen molar-refractivity contribution in [1.82, 2.24) is 0 Å². The number of rotatable bonds is 7. The zero-order valence-electron chi connectivity index (χ0n) is 15.2. The van der Waals surface area contributed by atoms with Crippen molar-refractivity contribution in [1.29, 1.82) is 0 Å². The number of aliphatic hydroxyl groups excluding tert-OH is 2. The van der Waals surface area contributed by atoms with E-state index < -0.39 is 0 Å². The van der Waals surface area contributed by atoms with Crippen LogP contribution in [0, 0.1) is 12.3 Å². The van der Waals surface area contributed by atoms with Crippen LogP contribution in [0.3, 0.4) is 0 Å². The zero-order valence-corrected chi connectivity index (χ0v) is 15.2. The Labute approximate surface area is 164 Å². The topological polar surface area (TPSA) is 74.4 Å². The first-order valence-electron chi connectivity index (χ1n) is 8.76. The Bertz CT molecular complexity index is 983. The van der Waals surface area contributed by atoms with Crippen molar-refractivity contribution in [2.45, 2.75) is 19.8 Å². The van der Waals surface area contributed by atoms with Crippen molar-refractivity contribution in [3.8, 4) is 18.1 Å². The summed E-state index contributed by atoms with van der Waals surface area (Å²) < 4.78 is 5.89. The van der Waals surface area contributed by atoms with Crippen LogP contribution in [-0.2, 0) is 19.8 Å². The van der Waals surface area contributed by atoms with Gasteiger partial charge >= 0.3 is 0 Å². The molecular weight excluding hydrogens is 352 g/mol. The summed E-state index contributed by atoms with van der Waals surface area (Å²) in [5, 5.41) is 27.7. The smallest absolute Gasteiger partial charge is 0.130 e. The van der Waals surface area contributed by atoms with Gasteiger partial charge in [0.1, 0.15) is 12.4 Å². The molecule has 3 aromatic carbocycles. The number of azo groups is 1. The van der Waals surface area contributed by atoms with Crippen molar-refractivity contribution < 1.29 is 14.9 Å². The highest BCUT2D eigenvalue weighted by molar-refractivity contribution is 5.49. The molecule has 0 unspecified atom stereocenters. The van der Waals surface area contributed by atoms with E-state index in [2.05, 4.69) is 16.1 Å². The third kappa shape index (κ3) is 4.83. The van der Waals surface area contributed by atoms with E-state index in [4.69, 9.17) is 11.2 Å². The molecule has 0 aliphatic carbocycles. The molecule has 0 saturated heterocycles. The number of hydrogen-bond acceptors (Lipinski definition) is 5. The zero-order chi connectivity index (χ0) is 19.8. The number of terminal acetylenes is 1. The summed E-state index contributed by atoms with van der Waals surface area (Å²) in [6.45, 7) is -0.212. The lowest BCUT2D eigenvalue weighted by molar-refractivity contribution is 0.242. The summed E-state index contributed by atoms with van der Waals surface area (Å²) in [6, 6.07) is 20.4. The third-order valence-electron chi connectivity index (χ3n) is 4.08. The molecule has 2 N–H and O–H groups in total. The lowest BCUT2D eigenvalue weighted by Gasteiger charge is -2.15. The summed E-state index contributed by atoms with van der Waals surface area (Å²) in [6.07, 6.45) is 5.43. The van der Waals surface area contributed by atoms with Crippen LogP contribution < -0.4 is 4.74 Å². The fraction of sp³-hybridized carbons (Fsp3) is 0.130. The number of ether oxygens (including phenoxy) is 1. The maximum absolute atomic E-state index is 9.62. The molecule has 0 atom stereocenters. The van der Waals surface area contributed by atoms with E-state index in [1.165, 1.54) is 0 Å².